The van der Waals surface area contributed by atoms with Gasteiger partial charge >= 0.3 is 0 Å². The number of aromatic amines is 1. The van der Waals surface area contributed by atoms with Crippen molar-refractivity contribution in [3.63, 3.8) is 0 Å². The molecular weight excluding hydrogens is 196 g/mol. The van der Waals surface area contributed by atoms with E-state index in [0.717, 1.165) is 25.9 Å². The van der Waals surface area contributed by atoms with Crippen LogP contribution >= 0.6 is 0 Å². The van der Waals surface area contributed by atoms with Crippen LogP contribution in [-0.4, -0.2) is 57.6 Å². The Kier molecular flexibility index (Phi) is 2.91. The van der Waals surface area contributed by atoms with Crippen LogP contribution in [0.2, 0.25) is 0 Å². The Morgan fingerprint density at radius 3 is 2.87 bits per heavy atom. The van der Waals surface area contributed by atoms with Crippen LogP contribution in [0.15, 0.2) is 0 Å². The highest BCUT2D eigenvalue weighted by Gasteiger charge is 2.20. The van der Waals surface area contributed by atoms with Gasteiger partial charge in [0.15, 0.2) is 0 Å². The molecule has 0 bridgehead atoms. The highest BCUT2D eigenvalue weighted by molar-refractivity contribution is 5.90. The third-order valence-corrected chi connectivity index (χ3v) is 2.60. The molecule has 0 saturated carbocycles. The first kappa shape index (κ1) is 10.0. The number of aromatic nitrogens is 4. The molecule has 0 unspecified atom stereocenters. The minimum absolute atomic E-state index is 0.105. The maximum absolute atomic E-state index is 11.5. The molecule has 0 radical (unpaired) electrons. The third-order valence-electron chi connectivity index (χ3n) is 2.60. The molecule has 1 aliphatic heterocycles. The monoisotopic (exact) mass is 210 g/mol. The van der Waals surface area contributed by atoms with Crippen LogP contribution in [0.1, 0.15) is 23.5 Å². The summed E-state index contributed by atoms with van der Waals surface area (Å²) in [5.41, 5.74) is 0. The molecule has 1 aliphatic rings. The van der Waals surface area contributed by atoms with E-state index in [1.807, 2.05) is 0 Å². The predicted octanol–water partition coefficient (Wildman–Crippen LogP) is -0.976. The normalized spacial score (nSPS) is 19.0. The predicted molar refractivity (Wildman–Crippen MR) is 52.2 cm³/mol. The van der Waals surface area contributed by atoms with E-state index in [1.165, 1.54) is 0 Å². The van der Waals surface area contributed by atoms with Crippen LogP contribution in [0.4, 0.5) is 0 Å². The van der Waals surface area contributed by atoms with Crippen molar-refractivity contribution in [2.24, 2.45) is 0 Å². The van der Waals surface area contributed by atoms with Gasteiger partial charge in [0.1, 0.15) is 0 Å². The van der Waals surface area contributed by atoms with Crippen LogP contribution in [0, 0.1) is 0 Å². The summed E-state index contributed by atoms with van der Waals surface area (Å²) in [6.07, 6.45) is 1.94. The lowest BCUT2D eigenvalue weighted by atomic mass is 10.1. The molecule has 7 nitrogen and oxygen atoms in total. The Labute approximate surface area is 87.2 Å². The van der Waals surface area contributed by atoms with Crippen LogP contribution < -0.4 is 5.32 Å². The molecule has 15 heavy (non-hydrogen) atoms. The number of tetrazole rings is 1. The van der Waals surface area contributed by atoms with Gasteiger partial charge < -0.3 is 10.2 Å². The number of piperidine rings is 1. The maximum atomic E-state index is 11.5. The summed E-state index contributed by atoms with van der Waals surface area (Å²) in [4.78, 5) is 13.8. The van der Waals surface area contributed by atoms with Gasteiger partial charge in [0.05, 0.1) is 0 Å². The summed E-state index contributed by atoms with van der Waals surface area (Å²) >= 11 is 0. The molecule has 1 aromatic rings. The first-order valence-electron chi connectivity index (χ1n) is 4.98. The zero-order chi connectivity index (χ0) is 10.7. The standard InChI is InChI=1S/C8H14N6O/c1-14-4-2-6(3-5-14)9-8(15)7-10-12-13-11-7/h6H,2-5H2,1H3,(H,9,15)(H,10,11,12,13). The highest BCUT2D eigenvalue weighted by atomic mass is 16.2. The van der Waals surface area contributed by atoms with Gasteiger partial charge in [0.2, 0.25) is 0 Å². The number of nitrogens with one attached hydrogen (secondary N) is 2. The van der Waals surface area contributed by atoms with Crippen molar-refractivity contribution in [1.29, 1.82) is 0 Å². The molecule has 1 amide bonds. The first-order chi connectivity index (χ1) is 7.25. The van der Waals surface area contributed by atoms with Gasteiger partial charge in [0.25, 0.3) is 11.7 Å². The van der Waals surface area contributed by atoms with Gasteiger partial charge in [-0.2, -0.15) is 5.21 Å². The summed E-state index contributed by atoms with van der Waals surface area (Å²) < 4.78 is 0. The van der Waals surface area contributed by atoms with Crippen molar-refractivity contribution in [2.75, 3.05) is 20.1 Å². The fourth-order valence-corrected chi connectivity index (χ4v) is 1.66. The Morgan fingerprint density at radius 1 is 1.53 bits per heavy atom. The number of H-pyrrole nitrogens is 1. The molecule has 2 heterocycles. The minimum Gasteiger partial charge on any atom is -0.346 e. The second kappa shape index (κ2) is 4.35. The van der Waals surface area contributed by atoms with Crippen LogP contribution in [0.5, 0.6) is 0 Å². The number of nitrogens with zero attached hydrogens (tertiary/aromatic N) is 4. The molecule has 1 saturated heterocycles. The quantitative estimate of drug-likeness (QED) is 0.655. The molecular formula is C8H14N6O. The third kappa shape index (κ3) is 2.50. The van der Waals surface area contributed by atoms with E-state index in [9.17, 15) is 4.79 Å². The van der Waals surface area contributed by atoms with Gasteiger partial charge in [-0.05, 0) is 38.2 Å². The summed E-state index contributed by atoms with van der Waals surface area (Å²) in [5.74, 6) is -0.146. The smallest absolute Gasteiger partial charge is 0.293 e. The van der Waals surface area contributed by atoms with Gasteiger partial charge in [0, 0.05) is 6.04 Å². The SMILES string of the molecule is CN1CCC(NC(=O)c2nn[nH]n2)CC1. The Balaban J connectivity index is 1.85. The van der Waals surface area contributed by atoms with E-state index >= 15 is 0 Å². The zero-order valence-electron chi connectivity index (χ0n) is 8.60. The summed E-state index contributed by atoms with van der Waals surface area (Å²) in [5, 5.41) is 15.7. The zero-order valence-corrected chi connectivity index (χ0v) is 8.60. The van der Waals surface area contributed by atoms with Gasteiger partial charge in [-0.25, -0.2) is 0 Å². The Bertz CT molecular complexity index is 316. The van der Waals surface area contributed by atoms with Gasteiger partial charge in [-0.15, -0.1) is 10.2 Å². The molecule has 0 spiro atoms. The first-order valence-corrected chi connectivity index (χ1v) is 4.98. The number of hydrogen-bond acceptors (Lipinski definition) is 5. The number of rotatable bonds is 2. The van der Waals surface area contributed by atoms with E-state index < -0.39 is 0 Å². The fraction of sp³-hybridized carbons (Fsp3) is 0.750. The van der Waals surface area contributed by atoms with Crippen molar-refractivity contribution in [3.8, 4) is 0 Å². The van der Waals surface area contributed by atoms with E-state index in [-0.39, 0.29) is 17.8 Å². The van der Waals surface area contributed by atoms with E-state index in [4.69, 9.17) is 0 Å². The topological polar surface area (TPSA) is 86.8 Å². The average Bonchev–Trinajstić information content (AvgIpc) is 2.74. The molecule has 82 valence electrons. The second-order valence-corrected chi connectivity index (χ2v) is 3.79. The molecule has 0 aliphatic carbocycles. The molecule has 0 aromatic carbocycles. The van der Waals surface area contributed by atoms with E-state index in [2.05, 4.69) is 37.9 Å². The van der Waals surface area contributed by atoms with Gasteiger partial charge in [-0.1, -0.05) is 0 Å². The number of carbonyl (C=O) groups excluding carboxylic acids is 1. The molecule has 2 rings (SSSR count). The summed E-state index contributed by atoms with van der Waals surface area (Å²) in [6, 6.07) is 0.229. The number of carbonyl (C=O) groups is 1. The van der Waals surface area contributed by atoms with Crippen molar-refractivity contribution < 1.29 is 4.79 Å². The second-order valence-electron chi connectivity index (χ2n) is 3.79. The molecule has 2 N–H and O–H groups in total. The number of likely N-dealkylation sites (tertiary alicyclic amines) is 1. The van der Waals surface area contributed by atoms with Gasteiger partial charge in [-0.3, -0.25) is 4.79 Å². The molecule has 1 fully saturated rings. The largest absolute Gasteiger partial charge is 0.346 e. The Hall–Kier alpha value is -1.50. The molecule has 0 atom stereocenters. The van der Waals surface area contributed by atoms with Crippen molar-refractivity contribution in [3.05, 3.63) is 5.82 Å². The number of hydrogen-bond donors (Lipinski definition) is 2. The average molecular weight is 210 g/mol. The van der Waals surface area contributed by atoms with Crippen molar-refractivity contribution in [2.45, 2.75) is 18.9 Å². The lowest BCUT2D eigenvalue weighted by Crippen LogP contribution is -2.43. The van der Waals surface area contributed by atoms with E-state index in [1.54, 1.807) is 0 Å². The number of amides is 1. The molecule has 1 aromatic heterocycles. The van der Waals surface area contributed by atoms with Crippen LogP contribution in [0.25, 0.3) is 0 Å². The van der Waals surface area contributed by atoms with Crippen LogP contribution in [0.3, 0.4) is 0 Å². The van der Waals surface area contributed by atoms with Crippen molar-refractivity contribution in [1.82, 2.24) is 30.8 Å². The van der Waals surface area contributed by atoms with Crippen molar-refractivity contribution >= 4 is 5.91 Å². The summed E-state index contributed by atoms with van der Waals surface area (Å²) in [7, 11) is 2.08. The molecule has 7 heteroatoms. The lowest BCUT2D eigenvalue weighted by molar-refractivity contribution is 0.0906. The minimum atomic E-state index is -0.252. The van der Waals surface area contributed by atoms with Crippen LogP contribution in [-0.2, 0) is 0 Å². The summed E-state index contributed by atoms with van der Waals surface area (Å²) in [6.45, 7) is 2.02. The lowest BCUT2D eigenvalue weighted by Gasteiger charge is -2.29. The Morgan fingerprint density at radius 2 is 2.27 bits per heavy atom. The highest BCUT2D eigenvalue weighted by Crippen LogP contribution is 2.08. The fourth-order valence-electron chi connectivity index (χ4n) is 1.66. The van der Waals surface area contributed by atoms with E-state index in [0.29, 0.717) is 0 Å². The maximum Gasteiger partial charge on any atom is 0.293 e.